The molecule has 2 aromatic carbocycles. The van der Waals surface area contributed by atoms with Crippen molar-refractivity contribution in [1.29, 1.82) is 5.26 Å². The number of nitrogens with zero attached hydrogens (tertiary/aromatic N) is 1. The lowest BCUT2D eigenvalue weighted by Gasteiger charge is -2.15. The number of ether oxygens (including phenoxy) is 1. The van der Waals surface area contributed by atoms with Gasteiger partial charge in [0.25, 0.3) is 5.91 Å². The second-order valence-corrected chi connectivity index (χ2v) is 5.36. The highest BCUT2D eigenvalue weighted by Crippen LogP contribution is 2.25. The van der Waals surface area contributed by atoms with E-state index in [1.807, 2.05) is 6.07 Å². The van der Waals surface area contributed by atoms with Crippen molar-refractivity contribution in [3.63, 3.8) is 0 Å². The molecule has 0 heterocycles. The second-order valence-electron chi connectivity index (χ2n) is 4.51. The Morgan fingerprint density at radius 1 is 1.27 bits per heavy atom. The minimum atomic E-state index is -0.760. The number of carbonyl (C=O) groups excluding carboxylic acids is 1. The zero-order chi connectivity index (χ0) is 16.1. The van der Waals surface area contributed by atoms with E-state index in [-0.39, 0.29) is 5.91 Å². The number of hydrogen-bond donors (Lipinski definition) is 1. The van der Waals surface area contributed by atoms with E-state index in [1.54, 1.807) is 49.4 Å². The van der Waals surface area contributed by atoms with Crippen LogP contribution in [0.3, 0.4) is 0 Å². The average molecular weight is 335 g/mol. The van der Waals surface area contributed by atoms with Crippen LogP contribution in [0, 0.1) is 11.3 Å². The number of halogens is 2. The van der Waals surface area contributed by atoms with Gasteiger partial charge in [0.05, 0.1) is 22.3 Å². The Labute approximate surface area is 138 Å². The molecule has 0 fully saturated rings. The first-order valence-electron chi connectivity index (χ1n) is 6.42. The lowest BCUT2D eigenvalue weighted by Crippen LogP contribution is -2.30. The topological polar surface area (TPSA) is 62.1 Å². The number of carbonyl (C=O) groups is 1. The summed E-state index contributed by atoms with van der Waals surface area (Å²) in [5.74, 6) is 0.0745. The standard InChI is InChI=1S/C16H12Cl2N2O2/c1-10(22-13-4-2-3-11(7-13)9-19)16(21)20-15-8-12(17)5-6-14(15)18/h2-8,10H,1H3,(H,20,21)/t10-/m0/s1. The predicted molar refractivity (Wildman–Crippen MR) is 86.3 cm³/mol. The summed E-state index contributed by atoms with van der Waals surface area (Å²) in [5.41, 5.74) is 0.878. The van der Waals surface area contributed by atoms with Crippen LogP contribution < -0.4 is 10.1 Å². The third-order valence-corrected chi connectivity index (χ3v) is 3.40. The first-order chi connectivity index (χ1) is 10.5. The molecule has 22 heavy (non-hydrogen) atoms. The number of nitrogens with one attached hydrogen (secondary N) is 1. The van der Waals surface area contributed by atoms with Crippen molar-refractivity contribution in [3.8, 4) is 11.8 Å². The first-order valence-corrected chi connectivity index (χ1v) is 7.18. The van der Waals surface area contributed by atoms with E-state index < -0.39 is 6.10 Å². The van der Waals surface area contributed by atoms with E-state index in [4.69, 9.17) is 33.2 Å². The van der Waals surface area contributed by atoms with Gasteiger partial charge in [-0.3, -0.25) is 4.79 Å². The molecule has 0 aliphatic rings. The highest BCUT2D eigenvalue weighted by Gasteiger charge is 2.16. The Bertz CT molecular complexity index is 741. The van der Waals surface area contributed by atoms with E-state index in [1.165, 1.54) is 0 Å². The lowest BCUT2D eigenvalue weighted by atomic mass is 10.2. The van der Waals surface area contributed by atoms with Crippen LogP contribution in [0.5, 0.6) is 5.75 Å². The van der Waals surface area contributed by atoms with Gasteiger partial charge in [-0.1, -0.05) is 29.3 Å². The molecule has 2 rings (SSSR count). The van der Waals surface area contributed by atoms with Crippen LogP contribution in [0.25, 0.3) is 0 Å². The molecule has 0 spiro atoms. The highest BCUT2D eigenvalue weighted by molar-refractivity contribution is 6.35. The van der Waals surface area contributed by atoms with Crippen molar-refractivity contribution in [2.45, 2.75) is 13.0 Å². The summed E-state index contributed by atoms with van der Waals surface area (Å²) < 4.78 is 5.52. The van der Waals surface area contributed by atoms with Crippen LogP contribution in [0.1, 0.15) is 12.5 Å². The smallest absolute Gasteiger partial charge is 0.265 e. The van der Waals surface area contributed by atoms with E-state index >= 15 is 0 Å². The third kappa shape index (κ3) is 4.14. The van der Waals surface area contributed by atoms with Gasteiger partial charge in [-0.05, 0) is 43.3 Å². The molecule has 4 nitrogen and oxygen atoms in total. The second kappa shape index (κ2) is 7.17. The fourth-order valence-corrected chi connectivity index (χ4v) is 2.06. The Morgan fingerprint density at radius 3 is 2.77 bits per heavy atom. The number of benzene rings is 2. The van der Waals surface area contributed by atoms with Crippen LogP contribution in [-0.2, 0) is 4.79 Å². The van der Waals surface area contributed by atoms with E-state index in [2.05, 4.69) is 5.32 Å². The summed E-state index contributed by atoms with van der Waals surface area (Å²) >= 11 is 11.9. The fraction of sp³-hybridized carbons (Fsp3) is 0.125. The summed E-state index contributed by atoms with van der Waals surface area (Å²) in [6.45, 7) is 1.60. The minimum Gasteiger partial charge on any atom is -0.481 e. The number of hydrogen-bond acceptors (Lipinski definition) is 3. The maximum Gasteiger partial charge on any atom is 0.265 e. The van der Waals surface area contributed by atoms with Gasteiger partial charge in [0.1, 0.15) is 5.75 Å². The molecule has 1 atom stereocenters. The molecule has 0 unspecified atom stereocenters. The minimum absolute atomic E-state index is 0.369. The third-order valence-electron chi connectivity index (χ3n) is 2.83. The average Bonchev–Trinajstić information content (AvgIpc) is 2.51. The van der Waals surface area contributed by atoms with Gasteiger partial charge >= 0.3 is 0 Å². The number of amides is 1. The Balaban J connectivity index is 2.06. The maximum absolute atomic E-state index is 12.1. The van der Waals surface area contributed by atoms with Crippen molar-refractivity contribution in [3.05, 3.63) is 58.1 Å². The Hall–Kier alpha value is -2.22. The zero-order valence-electron chi connectivity index (χ0n) is 11.6. The van der Waals surface area contributed by atoms with E-state index in [9.17, 15) is 4.79 Å². The summed E-state index contributed by atoms with van der Waals surface area (Å²) in [6.07, 6.45) is -0.760. The summed E-state index contributed by atoms with van der Waals surface area (Å²) in [7, 11) is 0. The fourth-order valence-electron chi connectivity index (χ4n) is 1.72. The molecule has 1 amide bonds. The van der Waals surface area contributed by atoms with Crippen LogP contribution in [-0.4, -0.2) is 12.0 Å². The number of nitriles is 1. The molecule has 1 N–H and O–H groups in total. The van der Waals surface area contributed by atoms with Crippen LogP contribution in [0.15, 0.2) is 42.5 Å². The molecular weight excluding hydrogens is 323 g/mol. The van der Waals surface area contributed by atoms with Crippen molar-refractivity contribution in [1.82, 2.24) is 0 Å². The Kier molecular flexibility index (Phi) is 5.26. The van der Waals surface area contributed by atoms with Gasteiger partial charge in [-0.25, -0.2) is 0 Å². The SMILES string of the molecule is C[C@H](Oc1cccc(C#N)c1)C(=O)Nc1cc(Cl)ccc1Cl. The summed E-state index contributed by atoms with van der Waals surface area (Å²) in [5, 5.41) is 12.4. The van der Waals surface area contributed by atoms with Gasteiger partial charge in [0.15, 0.2) is 6.10 Å². The zero-order valence-corrected chi connectivity index (χ0v) is 13.2. The monoisotopic (exact) mass is 334 g/mol. The van der Waals surface area contributed by atoms with Crippen LogP contribution in [0.4, 0.5) is 5.69 Å². The summed E-state index contributed by atoms with van der Waals surface area (Å²) in [4.78, 5) is 12.1. The number of rotatable bonds is 4. The molecular formula is C16H12Cl2N2O2. The van der Waals surface area contributed by atoms with Crippen LogP contribution >= 0.6 is 23.2 Å². The molecule has 0 aliphatic carbocycles. The lowest BCUT2D eigenvalue weighted by molar-refractivity contribution is -0.122. The Morgan fingerprint density at radius 2 is 2.05 bits per heavy atom. The first kappa shape index (κ1) is 16.2. The predicted octanol–water partition coefficient (Wildman–Crippen LogP) is 4.27. The molecule has 0 radical (unpaired) electrons. The quantitative estimate of drug-likeness (QED) is 0.907. The summed E-state index contributed by atoms with van der Waals surface area (Å²) in [6, 6.07) is 13.4. The molecule has 0 aliphatic heterocycles. The van der Waals surface area contributed by atoms with E-state index in [0.717, 1.165) is 0 Å². The van der Waals surface area contributed by atoms with Crippen molar-refractivity contribution in [2.24, 2.45) is 0 Å². The molecule has 112 valence electrons. The largest absolute Gasteiger partial charge is 0.481 e. The van der Waals surface area contributed by atoms with Gasteiger partial charge in [0.2, 0.25) is 0 Å². The number of anilines is 1. The van der Waals surface area contributed by atoms with Gasteiger partial charge < -0.3 is 10.1 Å². The van der Waals surface area contributed by atoms with Gasteiger partial charge in [-0.15, -0.1) is 0 Å². The highest BCUT2D eigenvalue weighted by atomic mass is 35.5. The molecule has 2 aromatic rings. The van der Waals surface area contributed by atoms with Gasteiger partial charge in [-0.2, -0.15) is 5.26 Å². The normalized spacial score (nSPS) is 11.4. The molecule has 0 saturated carbocycles. The van der Waals surface area contributed by atoms with Crippen molar-refractivity contribution in [2.75, 3.05) is 5.32 Å². The van der Waals surface area contributed by atoms with Crippen molar-refractivity contribution < 1.29 is 9.53 Å². The van der Waals surface area contributed by atoms with E-state index in [0.29, 0.717) is 27.0 Å². The van der Waals surface area contributed by atoms with Crippen molar-refractivity contribution >= 4 is 34.8 Å². The molecule has 6 heteroatoms. The van der Waals surface area contributed by atoms with Gasteiger partial charge in [0, 0.05) is 5.02 Å². The van der Waals surface area contributed by atoms with Crippen LogP contribution in [0.2, 0.25) is 10.0 Å². The molecule has 0 bridgehead atoms. The maximum atomic E-state index is 12.1. The molecule has 0 saturated heterocycles. The molecule has 0 aromatic heterocycles.